The van der Waals surface area contributed by atoms with E-state index in [1.165, 1.54) is 25.3 Å². The summed E-state index contributed by atoms with van der Waals surface area (Å²) in [4.78, 5) is 46.5. The first-order valence-electron chi connectivity index (χ1n) is 8.21. The van der Waals surface area contributed by atoms with Gasteiger partial charge >= 0.3 is 5.97 Å². The molecule has 0 aliphatic heterocycles. The number of fused-ring (bicyclic) bond motifs is 1. The second kappa shape index (κ2) is 8.21. The lowest BCUT2D eigenvalue weighted by atomic mass is 10.2. The summed E-state index contributed by atoms with van der Waals surface area (Å²) < 4.78 is 15.2. The van der Waals surface area contributed by atoms with Crippen LogP contribution in [0.5, 0.6) is 5.75 Å². The van der Waals surface area contributed by atoms with E-state index in [1.54, 1.807) is 18.2 Å². The maximum absolute atomic E-state index is 12.1. The summed E-state index contributed by atoms with van der Waals surface area (Å²) in [5.41, 5.74) is -0.432. The van der Waals surface area contributed by atoms with Gasteiger partial charge in [0.15, 0.2) is 12.0 Å². The second-order valence-electron chi connectivity index (χ2n) is 5.74. The van der Waals surface area contributed by atoms with Crippen LogP contribution in [0.4, 0.5) is 11.4 Å². The van der Waals surface area contributed by atoms with E-state index in [9.17, 15) is 24.5 Å². The molecule has 148 valence electrons. The molecule has 0 saturated carbocycles. The highest BCUT2D eigenvalue weighted by molar-refractivity contribution is 5.96. The van der Waals surface area contributed by atoms with Crippen molar-refractivity contribution < 1.29 is 28.4 Å². The Bertz CT molecular complexity index is 1170. The Morgan fingerprint density at radius 2 is 1.93 bits per heavy atom. The van der Waals surface area contributed by atoms with Crippen LogP contribution in [0, 0.1) is 10.1 Å². The summed E-state index contributed by atoms with van der Waals surface area (Å²) in [5.74, 6) is -1.93. The van der Waals surface area contributed by atoms with Crippen LogP contribution in [-0.4, -0.2) is 30.5 Å². The number of ether oxygens (including phenoxy) is 2. The van der Waals surface area contributed by atoms with Gasteiger partial charge < -0.3 is 19.2 Å². The molecule has 0 radical (unpaired) electrons. The van der Waals surface area contributed by atoms with E-state index in [0.29, 0.717) is 5.39 Å². The van der Waals surface area contributed by atoms with Crippen LogP contribution < -0.4 is 15.5 Å². The average Bonchev–Trinajstić information content (AvgIpc) is 2.71. The molecule has 0 atom stereocenters. The zero-order valence-corrected chi connectivity index (χ0v) is 15.0. The standard InChI is InChI=1S/C19H14N2O8/c1-27-16-7-6-11(21(25)26)8-13(16)20-18(23)10-28-19(24)17-9-14(22)12-4-2-3-5-15(12)29-17/h2-9H,10H2,1H3,(H,20,23). The molecule has 29 heavy (non-hydrogen) atoms. The van der Waals surface area contributed by atoms with Gasteiger partial charge in [0, 0.05) is 18.2 Å². The van der Waals surface area contributed by atoms with E-state index in [-0.39, 0.29) is 28.5 Å². The largest absolute Gasteiger partial charge is 0.495 e. The van der Waals surface area contributed by atoms with Gasteiger partial charge in [-0.1, -0.05) is 12.1 Å². The minimum Gasteiger partial charge on any atom is -0.495 e. The number of amides is 1. The molecule has 0 unspecified atom stereocenters. The fraction of sp³-hybridized carbons (Fsp3) is 0.105. The molecule has 1 amide bonds. The van der Waals surface area contributed by atoms with Gasteiger partial charge in [-0.15, -0.1) is 0 Å². The molecule has 1 heterocycles. The van der Waals surface area contributed by atoms with Crippen LogP contribution in [-0.2, 0) is 9.53 Å². The number of carbonyl (C=O) groups excluding carboxylic acids is 2. The number of para-hydroxylation sites is 1. The third kappa shape index (κ3) is 4.38. The molecular weight excluding hydrogens is 384 g/mol. The van der Waals surface area contributed by atoms with Gasteiger partial charge in [0.1, 0.15) is 11.3 Å². The summed E-state index contributed by atoms with van der Waals surface area (Å²) in [6.45, 7) is -0.707. The molecule has 0 fully saturated rings. The molecule has 2 aromatic carbocycles. The lowest BCUT2D eigenvalue weighted by Crippen LogP contribution is -2.21. The molecule has 0 aliphatic carbocycles. The number of rotatable bonds is 6. The minimum absolute atomic E-state index is 0.0417. The Kier molecular flexibility index (Phi) is 5.54. The number of methoxy groups -OCH3 is 1. The summed E-state index contributed by atoms with van der Waals surface area (Å²) in [5, 5.41) is 13.5. The number of nitrogens with one attached hydrogen (secondary N) is 1. The van der Waals surface area contributed by atoms with E-state index in [4.69, 9.17) is 13.9 Å². The van der Waals surface area contributed by atoms with Crippen molar-refractivity contribution in [3.05, 3.63) is 74.6 Å². The van der Waals surface area contributed by atoms with E-state index in [0.717, 1.165) is 12.1 Å². The summed E-state index contributed by atoms with van der Waals surface area (Å²) in [7, 11) is 1.33. The molecule has 3 aromatic rings. The number of nitrogens with zero attached hydrogens (tertiary/aromatic N) is 1. The average molecular weight is 398 g/mol. The van der Waals surface area contributed by atoms with Crippen molar-refractivity contribution in [3.63, 3.8) is 0 Å². The zero-order valence-electron chi connectivity index (χ0n) is 15.0. The Morgan fingerprint density at radius 1 is 1.17 bits per heavy atom. The van der Waals surface area contributed by atoms with Crippen molar-refractivity contribution >= 4 is 34.2 Å². The van der Waals surface area contributed by atoms with E-state index in [1.807, 2.05) is 0 Å². The fourth-order valence-corrected chi connectivity index (χ4v) is 2.50. The first kappa shape index (κ1) is 19.5. The van der Waals surface area contributed by atoms with Crippen LogP contribution in [0.15, 0.2) is 57.7 Å². The maximum Gasteiger partial charge on any atom is 0.374 e. The first-order valence-corrected chi connectivity index (χ1v) is 8.21. The van der Waals surface area contributed by atoms with E-state index < -0.39 is 28.8 Å². The fourth-order valence-electron chi connectivity index (χ4n) is 2.50. The number of anilines is 1. The maximum atomic E-state index is 12.1. The predicted molar refractivity (Wildman–Crippen MR) is 101 cm³/mol. The normalized spacial score (nSPS) is 10.4. The summed E-state index contributed by atoms with van der Waals surface area (Å²) in [6.07, 6.45) is 0. The second-order valence-corrected chi connectivity index (χ2v) is 5.74. The van der Waals surface area contributed by atoms with Gasteiger partial charge in [-0.25, -0.2) is 4.79 Å². The first-order chi connectivity index (χ1) is 13.9. The molecule has 0 saturated heterocycles. The highest BCUT2D eigenvalue weighted by atomic mass is 16.6. The smallest absolute Gasteiger partial charge is 0.374 e. The number of nitro benzene ring substituents is 1. The molecule has 1 N–H and O–H groups in total. The molecule has 3 rings (SSSR count). The Balaban J connectivity index is 1.70. The highest BCUT2D eigenvalue weighted by Crippen LogP contribution is 2.28. The minimum atomic E-state index is -1.01. The van der Waals surface area contributed by atoms with Gasteiger partial charge in [0.25, 0.3) is 11.6 Å². The number of esters is 1. The predicted octanol–water partition coefficient (Wildman–Crippen LogP) is 2.51. The number of benzene rings is 2. The zero-order chi connectivity index (χ0) is 21.0. The third-order valence-corrected chi connectivity index (χ3v) is 3.84. The number of nitro groups is 1. The van der Waals surface area contributed by atoms with Crippen molar-refractivity contribution in [3.8, 4) is 5.75 Å². The van der Waals surface area contributed by atoms with Crippen molar-refractivity contribution in [2.45, 2.75) is 0 Å². The van der Waals surface area contributed by atoms with Gasteiger partial charge in [0.2, 0.25) is 5.76 Å². The lowest BCUT2D eigenvalue weighted by Gasteiger charge is -2.10. The number of hydrogen-bond donors (Lipinski definition) is 1. The van der Waals surface area contributed by atoms with Gasteiger partial charge in [0.05, 0.1) is 23.1 Å². The lowest BCUT2D eigenvalue weighted by molar-refractivity contribution is -0.384. The Labute approximate surface area is 162 Å². The van der Waals surface area contributed by atoms with Crippen LogP contribution >= 0.6 is 0 Å². The quantitative estimate of drug-likeness (QED) is 0.380. The van der Waals surface area contributed by atoms with Gasteiger partial charge in [-0.3, -0.25) is 19.7 Å². The van der Waals surface area contributed by atoms with Crippen molar-refractivity contribution in [2.75, 3.05) is 19.0 Å². The summed E-state index contributed by atoms with van der Waals surface area (Å²) in [6, 6.07) is 11.0. The van der Waals surface area contributed by atoms with Gasteiger partial charge in [-0.05, 0) is 18.2 Å². The number of carbonyl (C=O) groups is 2. The molecule has 0 spiro atoms. The van der Waals surface area contributed by atoms with E-state index in [2.05, 4.69) is 5.32 Å². The van der Waals surface area contributed by atoms with Crippen molar-refractivity contribution in [2.24, 2.45) is 0 Å². The van der Waals surface area contributed by atoms with Gasteiger partial charge in [-0.2, -0.15) is 0 Å². The van der Waals surface area contributed by atoms with Crippen LogP contribution in [0.1, 0.15) is 10.6 Å². The third-order valence-electron chi connectivity index (χ3n) is 3.84. The number of non-ortho nitro benzene ring substituents is 1. The molecule has 10 heteroatoms. The SMILES string of the molecule is COc1ccc([N+](=O)[O-])cc1NC(=O)COC(=O)c1cc(=O)c2ccccc2o1. The van der Waals surface area contributed by atoms with Crippen LogP contribution in [0.3, 0.4) is 0 Å². The molecular formula is C19H14N2O8. The molecule has 1 aromatic heterocycles. The van der Waals surface area contributed by atoms with Crippen molar-refractivity contribution in [1.29, 1.82) is 0 Å². The monoisotopic (exact) mass is 398 g/mol. The molecule has 0 aliphatic rings. The number of hydrogen-bond acceptors (Lipinski definition) is 8. The van der Waals surface area contributed by atoms with Crippen molar-refractivity contribution in [1.82, 2.24) is 0 Å². The molecule has 10 nitrogen and oxygen atoms in total. The topological polar surface area (TPSA) is 138 Å². The highest BCUT2D eigenvalue weighted by Gasteiger charge is 2.17. The summed E-state index contributed by atoms with van der Waals surface area (Å²) >= 11 is 0. The molecule has 0 bridgehead atoms. The Morgan fingerprint density at radius 3 is 2.66 bits per heavy atom. The Hall–Kier alpha value is -4.21. The van der Waals surface area contributed by atoms with Crippen LogP contribution in [0.2, 0.25) is 0 Å². The van der Waals surface area contributed by atoms with Crippen LogP contribution in [0.25, 0.3) is 11.0 Å². The van der Waals surface area contributed by atoms with E-state index >= 15 is 0 Å².